The first-order valence-corrected chi connectivity index (χ1v) is 6.82. The molecule has 0 aliphatic heterocycles. The summed E-state index contributed by atoms with van der Waals surface area (Å²) in [6, 6.07) is 6.60. The molecule has 0 aromatic heterocycles. The van der Waals surface area contributed by atoms with E-state index in [1.54, 1.807) is 24.3 Å². The van der Waals surface area contributed by atoms with Crippen LogP contribution in [-0.2, 0) is 0 Å². The largest absolute Gasteiger partial charge is 0.338 e. The molecule has 18 heavy (non-hydrogen) atoms. The van der Waals surface area contributed by atoms with Gasteiger partial charge in [-0.05, 0) is 37.6 Å². The van der Waals surface area contributed by atoms with Crippen LogP contribution in [0.4, 0.5) is 10.5 Å². The molecule has 0 saturated carbocycles. The zero-order valence-corrected chi connectivity index (χ0v) is 12.2. The molecule has 0 radical (unpaired) electrons. The average molecular weight is 310 g/mol. The fourth-order valence-corrected chi connectivity index (χ4v) is 1.62. The lowest BCUT2D eigenvalue weighted by Gasteiger charge is -2.12. The van der Waals surface area contributed by atoms with E-state index >= 15 is 0 Å². The topological polar surface area (TPSA) is 41.1 Å². The Balaban J connectivity index is 2.27. The van der Waals surface area contributed by atoms with E-state index in [0.29, 0.717) is 23.7 Å². The van der Waals surface area contributed by atoms with E-state index in [1.807, 2.05) is 6.92 Å². The molecule has 0 fully saturated rings. The highest BCUT2D eigenvalue weighted by Gasteiger charge is 2.11. The van der Waals surface area contributed by atoms with Crippen molar-refractivity contribution in [2.24, 2.45) is 0 Å². The maximum absolute atomic E-state index is 11.5. The minimum atomic E-state index is -0.275. The molecule has 1 aromatic carbocycles. The second-order valence-corrected chi connectivity index (χ2v) is 5.56. The third-order valence-corrected chi connectivity index (χ3v) is 3.59. The van der Waals surface area contributed by atoms with E-state index in [9.17, 15) is 4.79 Å². The third kappa shape index (κ3) is 5.80. The predicted octanol–water partition coefficient (Wildman–Crippen LogP) is 4.09. The molecule has 0 aliphatic rings. The smallest absolute Gasteiger partial charge is 0.319 e. The molecule has 2 N–H and O–H groups in total. The lowest BCUT2D eigenvalue weighted by molar-refractivity contribution is 0.252. The van der Waals surface area contributed by atoms with Gasteiger partial charge in [0.2, 0.25) is 0 Å². The van der Waals surface area contributed by atoms with Crippen molar-refractivity contribution in [2.45, 2.75) is 24.1 Å². The SMILES string of the molecule is CC(Cl)C(Cl)CCNC(=O)Nc1ccc(Cl)cc1. The van der Waals surface area contributed by atoms with E-state index in [0.717, 1.165) is 0 Å². The number of rotatable bonds is 5. The van der Waals surface area contributed by atoms with Crippen molar-refractivity contribution in [3.8, 4) is 0 Å². The predicted molar refractivity (Wildman–Crippen MR) is 78.0 cm³/mol. The van der Waals surface area contributed by atoms with Crippen LogP contribution in [0.1, 0.15) is 13.3 Å². The molecule has 0 saturated heterocycles. The number of carbonyl (C=O) groups excluding carboxylic acids is 1. The highest BCUT2D eigenvalue weighted by Crippen LogP contribution is 2.14. The number of hydrogen-bond acceptors (Lipinski definition) is 1. The van der Waals surface area contributed by atoms with Gasteiger partial charge in [0.05, 0.1) is 5.38 Å². The molecule has 1 rings (SSSR count). The molecular formula is C12H15Cl3N2O. The van der Waals surface area contributed by atoms with E-state index in [-0.39, 0.29) is 16.8 Å². The summed E-state index contributed by atoms with van der Waals surface area (Å²) in [5.74, 6) is 0. The first-order valence-electron chi connectivity index (χ1n) is 5.57. The molecule has 1 aromatic rings. The van der Waals surface area contributed by atoms with Crippen molar-refractivity contribution >= 4 is 46.5 Å². The van der Waals surface area contributed by atoms with Gasteiger partial charge in [-0.25, -0.2) is 4.79 Å². The first-order chi connectivity index (χ1) is 8.49. The number of alkyl halides is 2. The average Bonchev–Trinajstić information content (AvgIpc) is 2.32. The monoisotopic (exact) mass is 308 g/mol. The number of benzene rings is 1. The van der Waals surface area contributed by atoms with Crippen LogP contribution in [0.2, 0.25) is 5.02 Å². The Bertz CT molecular complexity index is 381. The van der Waals surface area contributed by atoms with Crippen molar-refractivity contribution in [1.82, 2.24) is 5.32 Å². The second-order valence-electron chi connectivity index (χ2n) is 3.87. The molecule has 100 valence electrons. The van der Waals surface area contributed by atoms with Gasteiger partial charge in [-0.3, -0.25) is 0 Å². The number of anilines is 1. The molecule has 3 nitrogen and oxygen atoms in total. The van der Waals surface area contributed by atoms with Gasteiger partial charge in [0, 0.05) is 22.6 Å². The van der Waals surface area contributed by atoms with Gasteiger partial charge in [-0.15, -0.1) is 23.2 Å². The Hall–Kier alpha value is -0.640. The van der Waals surface area contributed by atoms with Crippen LogP contribution >= 0.6 is 34.8 Å². The van der Waals surface area contributed by atoms with Gasteiger partial charge in [-0.1, -0.05) is 11.6 Å². The van der Waals surface area contributed by atoms with Gasteiger partial charge in [0.15, 0.2) is 0 Å². The molecule has 2 atom stereocenters. The van der Waals surface area contributed by atoms with Gasteiger partial charge >= 0.3 is 6.03 Å². The van der Waals surface area contributed by atoms with Crippen LogP contribution in [0.15, 0.2) is 24.3 Å². The Kier molecular flexibility index (Phi) is 6.61. The zero-order chi connectivity index (χ0) is 13.5. The summed E-state index contributed by atoms with van der Waals surface area (Å²) in [6.45, 7) is 2.30. The van der Waals surface area contributed by atoms with Gasteiger partial charge in [0.1, 0.15) is 0 Å². The summed E-state index contributed by atoms with van der Waals surface area (Å²) < 4.78 is 0. The van der Waals surface area contributed by atoms with Crippen molar-refractivity contribution in [3.63, 3.8) is 0 Å². The zero-order valence-electron chi connectivity index (χ0n) is 9.92. The van der Waals surface area contributed by atoms with Gasteiger partial charge in [-0.2, -0.15) is 0 Å². The molecular weight excluding hydrogens is 295 g/mol. The Morgan fingerprint density at radius 1 is 1.28 bits per heavy atom. The Labute approximate surface area is 122 Å². The Morgan fingerprint density at radius 2 is 1.89 bits per heavy atom. The molecule has 6 heteroatoms. The summed E-state index contributed by atoms with van der Waals surface area (Å²) in [5, 5.41) is 5.75. The Morgan fingerprint density at radius 3 is 2.44 bits per heavy atom. The van der Waals surface area contributed by atoms with E-state index in [1.165, 1.54) is 0 Å². The van der Waals surface area contributed by atoms with Crippen molar-refractivity contribution < 1.29 is 4.79 Å². The summed E-state index contributed by atoms with van der Waals surface area (Å²) in [6.07, 6.45) is 0.625. The minimum Gasteiger partial charge on any atom is -0.338 e. The number of carbonyl (C=O) groups is 1. The molecule has 0 heterocycles. The van der Waals surface area contributed by atoms with Crippen LogP contribution in [0.25, 0.3) is 0 Å². The summed E-state index contributed by atoms with van der Waals surface area (Å²) >= 11 is 17.5. The molecule has 0 bridgehead atoms. The van der Waals surface area contributed by atoms with Crippen molar-refractivity contribution in [2.75, 3.05) is 11.9 Å². The van der Waals surface area contributed by atoms with Crippen LogP contribution in [0, 0.1) is 0 Å². The summed E-state index contributed by atoms with van der Waals surface area (Å²) in [7, 11) is 0. The maximum atomic E-state index is 11.5. The highest BCUT2D eigenvalue weighted by atomic mass is 35.5. The molecule has 0 aliphatic carbocycles. The minimum absolute atomic E-state index is 0.118. The fraction of sp³-hybridized carbons (Fsp3) is 0.417. The lowest BCUT2D eigenvalue weighted by atomic mass is 10.2. The van der Waals surface area contributed by atoms with Crippen molar-refractivity contribution in [3.05, 3.63) is 29.3 Å². The number of amides is 2. The van der Waals surface area contributed by atoms with Crippen LogP contribution < -0.4 is 10.6 Å². The normalized spacial score (nSPS) is 13.8. The second kappa shape index (κ2) is 7.72. The summed E-state index contributed by atoms with van der Waals surface area (Å²) in [4.78, 5) is 11.5. The highest BCUT2D eigenvalue weighted by molar-refractivity contribution is 6.30. The standard InChI is InChI=1S/C12H15Cl3N2O/c1-8(13)11(15)6-7-16-12(18)17-10-4-2-9(14)3-5-10/h2-5,8,11H,6-7H2,1H3,(H2,16,17,18). The maximum Gasteiger partial charge on any atom is 0.319 e. The van der Waals surface area contributed by atoms with E-state index in [2.05, 4.69) is 10.6 Å². The molecule has 2 amide bonds. The third-order valence-electron chi connectivity index (χ3n) is 2.31. The van der Waals surface area contributed by atoms with E-state index < -0.39 is 0 Å². The summed E-state index contributed by atoms with van der Waals surface area (Å²) in [5.41, 5.74) is 0.685. The lowest BCUT2D eigenvalue weighted by Crippen LogP contribution is -2.31. The van der Waals surface area contributed by atoms with Gasteiger partial charge in [0.25, 0.3) is 0 Å². The quantitative estimate of drug-likeness (QED) is 0.790. The van der Waals surface area contributed by atoms with Crippen LogP contribution in [0.3, 0.4) is 0 Å². The van der Waals surface area contributed by atoms with Gasteiger partial charge < -0.3 is 10.6 Å². The van der Waals surface area contributed by atoms with Crippen LogP contribution in [0.5, 0.6) is 0 Å². The number of urea groups is 1. The fourth-order valence-electron chi connectivity index (χ4n) is 1.26. The molecule has 2 unspecified atom stereocenters. The van der Waals surface area contributed by atoms with Crippen molar-refractivity contribution in [1.29, 1.82) is 0 Å². The molecule has 0 spiro atoms. The van der Waals surface area contributed by atoms with Crippen LogP contribution in [-0.4, -0.2) is 23.3 Å². The van der Waals surface area contributed by atoms with E-state index in [4.69, 9.17) is 34.8 Å². The number of nitrogens with one attached hydrogen (secondary N) is 2. The number of halogens is 3. The first kappa shape index (κ1) is 15.4. The number of hydrogen-bond donors (Lipinski definition) is 2.